The lowest BCUT2D eigenvalue weighted by Gasteiger charge is -2.26. The summed E-state index contributed by atoms with van der Waals surface area (Å²) in [6.07, 6.45) is 0.332. The highest BCUT2D eigenvalue weighted by atomic mass is 79.9. The Morgan fingerprint density at radius 3 is 2.55 bits per heavy atom. The maximum atomic E-state index is 12.3. The Bertz CT molecular complexity index is 554. The van der Waals surface area contributed by atoms with E-state index in [9.17, 15) is 9.59 Å². The zero-order valence-electron chi connectivity index (χ0n) is 13.4. The lowest BCUT2D eigenvalue weighted by Crippen LogP contribution is -2.40. The van der Waals surface area contributed by atoms with Crippen molar-refractivity contribution in [1.29, 1.82) is 0 Å². The second-order valence-corrected chi connectivity index (χ2v) is 7.36. The van der Waals surface area contributed by atoms with E-state index in [1.807, 2.05) is 19.1 Å². The Morgan fingerprint density at radius 2 is 2.00 bits per heavy atom. The van der Waals surface area contributed by atoms with Gasteiger partial charge in [-0.15, -0.1) is 0 Å². The van der Waals surface area contributed by atoms with Gasteiger partial charge in [-0.25, -0.2) is 0 Å². The molecule has 120 valence electrons. The number of nitrogens with zero attached hydrogens (tertiary/aromatic N) is 1. The molecular formula is C17H23BrN2O2. The molecule has 0 spiro atoms. The second kappa shape index (κ2) is 6.82. The van der Waals surface area contributed by atoms with Crippen LogP contribution < -0.4 is 5.32 Å². The monoisotopic (exact) mass is 366 g/mol. The Morgan fingerprint density at radius 1 is 1.36 bits per heavy atom. The fourth-order valence-electron chi connectivity index (χ4n) is 2.71. The van der Waals surface area contributed by atoms with Crippen LogP contribution in [0, 0.1) is 5.92 Å². The van der Waals surface area contributed by atoms with Gasteiger partial charge in [0.1, 0.15) is 0 Å². The maximum absolute atomic E-state index is 12.3. The van der Waals surface area contributed by atoms with Crippen LogP contribution in [-0.2, 0) is 15.0 Å². The Kier molecular flexibility index (Phi) is 5.27. The molecule has 4 nitrogen and oxygen atoms in total. The fourth-order valence-corrected chi connectivity index (χ4v) is 2.97. The first-order chi connectivity index (χ1) is 10.3. The van der Waals surface area contributed by atoms with E-state index in [0.717, 1.165) is 4.47 Å². The summed E-state index contributed by atoms with van der Waals surface area (Å²) in [4.78, 5) is 25.7. The molecule has 0 radical (unpaired) electrons. The summed E-state index contributed by atoms with van der Waals surface area (Å²) in [5.41, 5.74) is 1.03. The standard InChI is InChI=1S/C17H23BrN2O2/c1-4-20-10-12(9-15(20)21)16(22)19-11-17(2,3)13-5-7-14(18)8-6-13/h5-8,12H,4,9-11H2,1-3H3,(H,19,22). The average Bonchev–Trinajstić information content (AvgIpc) is 2.86. The summed E-state index contributed by atoms with van der Waals surface area (Å²) >= 11 is 3.43. The number of amides is 2. The van der Waals surface area contributed by atoms with Crippen molar-refractivity contribution in [2.45, 2.75) is 32.6 Å². The first-order valence-electron chi connectivity index (χ1n) is 7.65. The number of likely N-dealkylation sites (tertiary alicyclic amines) is 1. The predicted octanol–water partition coefficient (Wildman–Crippen LogP) is 2.71. The lowest BCUT2D eigenvalue weighted by molar-refractivity contribution is -0.128. The zero-order chi connectivity index (χ0) is 16.3. The lowest BCUT2D eigenvalue weighted by atomic mass is 9.84. The smallest absolute Gasteiger partial charge is 0.225 e. The number of carbonyl (C=O) groups is 2. The van der Waals surface area contributed by atoms with E-state index in [0.29, 0.717) is 26.1 Å². The molecule has 1 N–H and O–H groups in total. The summed E-state index contributed by atoms with van der Waals surface area (Å²) < 4.78 is 1.04. The molecule has 1 atom stereocenters. The van der Waals surface area contributed by atoms with Crippen molar-refractivity contribution in [2.75, 3.05) is 19.6 Å². The van der Waals surface area contributed by atoms with Crippen LogP contribution in [0.25, 0.3) is 0 Å². The molecule has 2 amide bonds. The Balaban J connectivity index is 1.93. The predicted molar refractivity (Wildman–Crippen MR) is 90.5 cm³/mol. The zero-order valence-corrected chi connectivity index (χ0v) is 14.9. The van der Waals surface area contributed by atoms with Gasteiger partial charge in [-0.1, -0.05) is 41.9 Å². The van der Waals surface area contributed by atoms with Crippen molar-refractivity contribution in [1.82, 2.24) is 10.2 Å². The van der Waals surface area contributed by atoms with Gasteiger partial charge in [-0.05, 0) is 24.6 Å². The highest BCUT2D eigenvalue weighted by Gasteiger charge is 2.34. The van der Waals surface area contributed by atoms with Crippen molar-refractivity contribution in [2.24, 2.45) is 5.92 Å². The fraction of sp³-hybridized carbons (Fsp3) is 0.529. The van der Waals surface area contributed by atoms with Crippen molar-refractivity contribution in [3.8, 4) is 0 Å². The van der Waals surface area contributed by atoms with E-state index in [4.69, 9.17) is 0 Å². The number of nitrogens with one attached hydrogen (secondary N) is 1. The van der Waals surface area contributed by atoms with Gasteiger partial charge < -0.3 is 10.2 Å². The Hall–Kier alpha value is -1.36. The minimum absolute atomic E-state index is 0.0190. The highest BCUT2D eigenvalue weighted by Crippen LogP contribution is 2.24. The van der Waals surface area contributed by atoms with E-state index in [1.54, 1.807) is 4.90 Å². The van der Waals surface area contributed by atoms with Crippen LogP contribution in [-0.4, -0.2) is 36.3 Å². The van der Waals surface area contributed by atoms with E-state index in [1.165, 1.54) is 5.56 Å². The van der Waals surface area contributed by atoms with Crippen LogP contribution >= 0.6 is 15.9 Å². The van der Waals surface area contributed by atoms with Crippen LogP contribution in [0.4, 0.5) is 0 Å². The Labute approximate surface area is 140 Å². The third-order valence-corrected chi connectivity index (χ3v) is 4.83. The van der Waals surface area contributed by atoms with E-state index >= 15 is 0 Å². The normalized spacial score (nSPS) is 18.6. The first kappa shape index (κ1) is 17.0. The molecule has 22 heavy (non-hydrogen) atoms. The molecule has 1 heterocycles. The third kappa shape index (κ3) is 3.88. The molecule has 1 aliphatic rings. The molecular weight excluding hydrogens is 344 g/mol. The maximum Gasteiger partial charge on any atom is 0.225 e. The first-order valence-corrected chi connectivity index (χ1v) is 8.44. The van der Waals surface area contributed by atoms with Gasteiger partial charge in [-0.3, -0.25) is 9.59 Å². The summed E-state index contributed by atoms with van der Waals surface area (Å²) in [7, 11) is 0. The second-order valence-electron chi connectivity index (χ2n) is 6.44. The quantitative estimate of drug-likeness (QED) is 0.870. The van der Waals surface area contributed by atoms with E-state index in [-0.39, 0.29) is 23.1 Å². The van der Waals surface area contributed by atoms with Crippen LogP contribution in [0.15, 0.2) is 28.7 Å². The van der Waals surface area contributed by atoms with Crippen LogP contribution in [0.5, 0.6) is 0 Å². The highest BCUT2D eigenvalue weighted by molar-refractivity contribution is 9.10. The van der Waals surface area contributed by atoms with Crippen molar-refractivity contribution in [3.05, 3.63) is 34.3 Å². The molecule has 0 aliphatic carbocycles. The van der Waals surface area contributed by atoms with Crippen LogP contribution in [0.1, 0.15) is 32.8 Å². The summed E-state index contributed by atoms with van der Waals surface area (Å²) in [5, 5.41) is 3.01. The number of hydrogen-bond acceptors (Lipinski definition) is 2. The SMILES string of the molecule is CCN1CC(C(=O)NCC(C)(C)c2ccc(Br)cc2)CC1=O. The number of hydrogen-bond donors (Lipinski definition) is 1. The van der Waals surface area contributed by atoms with Crippen molar-refractivity contribution in [3.63, 3.8) is 0 Å². The third-order valence-electron chi connectivity index (χ3n) is 4.30. The van der Waals surface area contributed by atoms with Gasteiger partial charge in [0.25, 0.3) is 0 Å². The molecule has 0 aromatic heterocycles. The minimum atomic E-state index is -0.215. The number of benzene rings is 1. The van der Waals surface area contributed by atoms with E-state index < -0.39 is 0 Å². The average molecular weight is 367 g/mol. The number of rotatable bonds is 5. The van der Waals surface area contributed by atoms with Gasteiger partial charge in [-0.2, -0.15) is 0 Å². The molecule has 1 aromatic rings. The largest absolute Gasteiger partial charge is 0.355 e. The summed E-state index contributed by atoms with van der Waals surface area (Å²) in [5.74, 6) is -0.155. The molecule has 0 saturated carbocycles. The molecule has 1 aromatic carbocycles. The molecule has 1 fully saturated rings. The van der Waals surface area contributed by atoms with Gasteiger partial charge in [0.15, 0.2) is 0 Å². The molecule has 5 heteroatoms. The van der Waals surface area contributed by atoms with Crippen molar-refractivity contribution < 1.29 is 9.59 Å². The van der Waals surface area contributed by atoms with Crippen molar-refractivity contribution >= 4 is 27.7 Å². The molecule has 1 aliphatic heterocycles. The number of carbonyl (C=O) groups excluding carboxylic acids is 2. The van der Waals surface area contributed by atoms with Gasteiger partial charge >= 0.3 is 0 Å². The molecule has 1 saturated heterocycles. The van der Waals surface area contributed by atoms with E-state index in [2.05, 4.69) is 47.2 Å². The summed E-state index contributed by atoms with van der Waals surface area (Å²) in [6.45, 7) is 7.93. The van der Waals surface area contributed by atoms with Gasteiger partial charge in [0.2, 0.25) is 11.8 Å². The minimum Gasteiger partial charge on any atom is -0.355 e. The molecule has 2 rings (SSSR count). The topological polar surface area (TPSA) is 49.4 Å². The van der Waals surface area contributed by atoms with Gasteiger partial charge in [0.05, 0.1) is 5.92 Å². The van der Waals surface area contributed by atoms with Crippen LogP contribution in [0.2, 0.25) is 0 Å². The molecule has 1 unspecified atom stereocenters. The number of halogens is 1. The summed E-state index contributed by atoms with van der Waals surface area (Å²) in [6, 6.07) is 8.14. The molecule has 0 bridgehead atoms. The van der Waals surface area contributed by atoms with Gasteiger partial charge in [0, 0.05) is 35.9 Å². The van der Waals surface area contributed by atoms with Crippen LogP contribution in [0.3, 0.4) is 0 Å².